The number of nitrogens with zero attached hydrogens (tertiary/aromatic N) is 3. The van der Waals surface area contributed by atoms with E-state index in [1.165, 1.54) is 26.0 Å². The Balaban J connectivity index is 0.932. The number of ketones is 1. The molecule has 2 amide bonds. The van der Waals surface area contributed by atoms with Gasteiger partial charge in [0.25, 0.3) is 20.2 Å². The van der Waals surface area contributed by atoms with Crippen molar-refractivity contribution in [1.82, 2.24) is 24.9 Å². The van der Waals surface area contributed by atoms with E-state index < -0.39 is 89.8 Å². The highest BCUT2D eigenvalue weighted by atomic mass is 32.2. The normalized spacial score (nSPS) is 15.0. The first-order valence-corrected chi connectivity index (χ1v) is 31.1. The molecule has 0 saturated carbocycles. The summed E-state index contributed by atoms with van der Waals surface area (Å²) in [4.78, 5) is 58.7. The number of aryl methyl sites for hydroxylation is 2. The summed E-state index contributed by atoms with van der Waals surface area (Å²) in [5, 5.41) is 18.9. The highest BCUT2D eigenvalue weighted by Crippen LogP contribution is 2.42. The lowest BCUT2D eigenvalue weighted by Crippen LogP contribution is -2.54. The lowest BCUT2D eigenvalue weighted by molar-refractivity contribution is -0.139. The maximum absolute atomic E-state index is 13.9. The van der Waals surface area contributed by atoms with Crippen LogP contribution in [0.4, 0.5) is 11.6 Å². The van der Waals surface area contributed by atoms with E-state index in [9.17, 15) is 54.1 Å². The minimum Gasteiger partial charge on any atom is -0.494 e. The van der Waals surface area contributed by atoms with E-state index in [1.54, 1.807) is 24.2 Å². The predicted molar refractivity (Wildman–Crippen MR) is 308 cm³/mol. The largest absolute Gasteiger partial charge is 0.494 e. The molecule has 2 heterocycles. The average Bonchev–Trinajstić information content (AvgIpc) is 4.09. The number of sulfonamides is 1. The molecule has 0 bridgehead atoms. The van der Waals surface area contributed by atoms with Crippen molar-refractivity contribution in [2.24, 2.45) is 11.7 Å². The van der Waals surface area contributed by atoms with Gasteiger partial charge in [0.1, 0.15) is 23.4 Å². The van der Waals surface area contributed by atoms with Crippen LogP contribution in [0.15, 0.2) is 139 Å². The van der Waals surface area contributed by atoms with Gasteiger partial charge in [-0.1, -0.05) is 97.1 Å². The van der Waals surface area contributed by atoms with Gasteiger partial charge in [-0.3, -0.25) is 32.9 Å². The van der Waals surface area contributed by atoms with Gasteiger partial charge in [0.2, 0.25) is 27.8 Å². The number of amides is 2. The van der Waals surface area contributed by atoms with Crippen molar-refractivity contribution in [3.8, 4) is 5.75 Å². The van der Waals surface area contributed by atoms with Crippen LogP contribution in [0.3, 0.4) is 0 Å². The zero-order valence-electron chi connectivity index (χ0n) is 45.5. The number of Topliss-reactive ketones (excluding diaryl/α,β-unsaturated/α-hetero) is 1. The summed E-state index contributed by atoms with van der Waals surface area (Å²) in [5.41, 5.74) is 10.0. The quantitative estimate of drug-likeness (QED) is 0.0173. The summed E-state index contributed by atoms with van der Waals surface area (Å²) in [7, 11) is -11.7. The Morgan fingerprint density at radius 3 is 1.95 bits per heavy atom. The minimum absolute atomic E-state index is 0.0333. The Morgan fingerprint density at radius 2 is 1.39 bits per heavy atom. The lowest BCUT2D eigenvalue weighted by Gasteiger charge is -2.38. The standard InChI is InChI=1S/C57H68N8O14S3/c1-38-29-46(79-28-14-22-52(67)59-25-13-15-41(36-80(71,72)73)31-45(58)37-81(74,75)76)30-39(2)53(38)82(77,78)63-48(55(69)70)35-61-54(68)50-33-51(66)47-24-23-40(32-49(47)64(50)3)34-62-56-60-26-27-65(56)57(42-16-7-4-8-17-42,43-18-9-5-10-19-43)44-20-11-6-12-21-44/h4-12,16-21,23-24,26-27,29-30,32,41,45,48,50,63H,13-15,22,25,28,31,33-37,58H2,1-3H3,(H,59,67)(H,60,62)(H,61,68)(H,69,70)(H,71,72,73)(H,74,75,76)/t41-,45-,48+,50?/m1/s1. The summed E-state index contributed by atoms with van der Waals surface area (Å²) < 4.78 is 101. The molecular formula is C57H68N8O14S3. The molecule has 7 rings (SSSR count). The van der Waals surface area contributed by atoms with Crippen molar-refractivity contribution < 1.29 is 63.4 Å². The number of nitrogens with two attached hydrogens (primary N) is 1. The summed E-state index contributed by atoms with van der Waals surface area (Å²) in [6, 6.07) is 34.8. The first-order valence-electron chi connectivity index (χ1n) is 26.4. The molecule has 0 fully saturated rings. The molecule has 4 atom stereocenters. The fourth-order valence-electron chi connectivity index (χ4n) is 10.5. The van der Waals surface area contributed by atoms with Crippen LogP contribution >= 0.6 is 0 Å². The van der Waals surface area contributed by atoms with E-state index in [4.69, 9.17) is 20.0 Å². The first-order chi connectivity index (χ1) is 38.9. The number of carboxylic acid groups (broad SMARTS) is 1. The highest BCUT2D eigenvalue weighted by molar-refractivity contribution is 7.89. The fourth-order valence-corrected chi connectivity index (χ4v) is 13.8. The molecule has 22 nitrogen and oxygen atoms in total. The van der Waals surface area contributed by atoms with Crippen LogP contribution < -0.4 is 36.0 Å². The molecule has 25 heteroatoms. The van der Waals surface area contributed by atoms with Crippen LogP contribution in [0.1, 0.15) is 82.3 Å². The molecule has 0 radical (unpaired) electrons. The predicted octanol–water partition coefficient (Wildman–Crippen LogP) is 5.06. The second-order valence-corrected chi connectivity index (χ2v) is 25.0. The van der Waals surface area contributed by atoms with Gasteiger partial charge in [-0.05, 0) is 103 Å². The van der Waals surface area contributed by atoms with Crippen LogP contribution in [-0.4, -0.2) is 129 Å². The molecule has 1 unspecified atom stereocenters. The molecule has 6 aromatic rings. The number of rotatable bonds is 29. The van der Waals surface area contributed by atoms with E-state index in [-0.39, 0.29) is 91.7 Å². The van der Waals surface area contributed by atoms with Gasteiger partial charge in [0.05, 0.1) is 23.0 Å². The van der Waals surface area contributed by atoms with Crippen LogP contribution in [-0.2, 0) is 56.7 Å². The third-order valence-electron chi connectivity index (χ3n) is 14.1. The van der Waals surface area contributed by atoms with E-state index in [1.807, 2.05) is 72.9 Å². The zero-order valence-corrected chi connectivity index (χ0v) is 47.9. The number of hydrogen-bond acceptors (Lipinski definition) is 15. The number of aromatic nitrogens is 2. The van der Waals surface area contributed by atoms with E-state index in [0.717, 1.165) is 22.3 Å². The number of nitrogens with one attached hydrogen (secondary N) is 4. The van der Waals surface area contributed by atoms with Crippen LogP contribution in [0.25, 0.3) is 0 Å². The van der Waals surface area contributed by atoms with E-state index in [0.29, 0.717) is 17.2 Å². The summed E-state index contributed by atoms with van der Waals surface area (Å²) in [5.74, 6) is -4.25. The second kappa shape index (κ2) is 27.0. The average molecular weight is 1190 g/mol. The number of carboxylic acids is 1. The molecule has 1 aliphatic rings. The number of ether oxygens (including phenoxy) is 1. The molecule has 438 valence electrons. The van der Waals surface area contributed by atoms with Crippen molar-refractivity contribution in [2.45, 2.75) is 87.5 Å². The molecule has 9 N–H and O–H groups in total. The number of aliphatic carboxylic acids is 1. The van der Waals surface area contributed by atoms with Gasteiger partial charge < -0.3 is 36.4 Å². The third-order valence-corrected chi connectivity index (χ3v) is 17.7. The topological polar surface area (TPSA) is 336 Å². The number of benzene rings is 5. The Morgan fingerprint density at radius 1 is 0.805 bits per heavy atom. The van der Waals surface area contributed by atoms with E-state index in [2.05, 4.69) is 61.6 Å². The van der Waals surface area contributed by atoms with Gasteiger partial charge >= 0.3 is 5.97 Å². The minimum atomic E-state index is -4.52. The smallest absolute Gasteiger partial charge is 0.323 e. The lowest BCUT2D eigenvalue weighted by atomic mass is 9.76. The molecule has 0 aliphatic carbocycles. The van der Waals surface area contributed by atoms with E-state index >= 15 is 0 Å². The van der Waals surface area contributed by atoms with Crippen LogP contribution in [0.5, 0.6) is 5.75 Å². The Hall–Kier alpha value is -7.52. The van der Waals surface area contributed by atoms with Gasteiger partial charge in [-0.15, -0.1) is 0 Å². The number of fused-ring (bicyclic) bond motifs is 1. The van der Waals surface area contributed by atoms with Gasteiger partial charge in [-0.25, -0.2) is 13.4 Å². The molecule has 1 aromatic heterocycles. The number of carbonyl (C=O) groups excluding carboxylic acids is 3. The Bertz CT molecular complexity index is 3450. The Kier molecular flexibility index (Phi) is 20.5. The number of carbonyl (C=O) groups is 4. The highest BCUT2D eigenvalue weighted by Gasteiger charge is 2.40. The maximum Gasteiger partial charge on any atom is 0.323 e. The fraction of sp³-hybridized carbons (Fsp3) is 0.351. The third kappa shape index (κ3) is 15.9. The molecule has 0 saturated heterocycles. The van der Waals surface area contributed by atoms with Crippen molar-refractivity contribution >= 4 is 65.5 Å². The van der Waals surface area contributed by atoms with Crippen molar-refractivity contribution in [2.75, 3.05) is 48.5 Å². The zero-order chi connectivity index (χ0) is 59.4. The first kappa shape index (κ1) is 62.1. The maximum atomic E-state index is 13.9. The Labute approximate surface area is 477 Å². The number of hydrogen-bond donors (Lipinski definition) is 8. The summed E-state index contributed by atoms with van der Waals surface area (Å²) in [6.07, 6.45) is 4.07. The molecule has 0 spiro atoms. The monoisotopic (exact) mass is 1180 g/mol. The van der Waals surface area contributed by atoms with Crippen molar-refractivity contribution in [3.63, 3.8) is 0 Å². The van der Waals surface area contributed by atoms with Crippen LogP contribution in [0.2, 0.25) is 0 Å². The summed E-state index contributed by atoms with van der Waals surface area (Å²) in [6.45, 7) is 2.82. The van der Waals surface area contributed by atoms with Gasteiger partial charge in [0, 0.05) is 69.2 Å². The van der Waals surface area contributed by atoms with Crippen LogP contribution in [0, 0.1) is 19.8 Å². The van der Waals surface area contributed by atoms with Gasteiger partial charge in [0.15, 0.2) is 5.78 Å². The van der Waals surface area contributed by atoms with Gasteiger partial charge in [-0.2, -0.15) is 21.6 Å². The molecule has 5 aromatic carbocycles. The molecule has 1 aliphatic heterocycles. The molecular weight excluding hydrogens is 1120 g/mol. The van der Waals surface area contributed by atoms with Crippen molar-refractivity contribution in [1.29, 1.82) is 0 Å². The number of anilines is 2. The summed E-state index contributed by atoms with van der Waals surface area (Å²) >= 11 is 0. The number of likely N-dealkylation sites (N-methyl/N-ethyl adjacent to an activating group) is 1. The van der Waals surface area contributed by atoms with Crippen molar-refractivity contribution in [3.05, 3.63) is 173 Å². The second-order valence-electron chi connectivity index (χ2n) is 20.3. The molecule has 82 heavy (non-hydrogen) atoms. The SMILES string of the molecule is Cc1cc(OCCCC(=O)NCCC[C@H](C[C@@H](N)CS(=O)(=O)O)CS(=O)(=O)O)cc(C)c1S(=O)(=O)N[C@@H](CNC(=O)C1CC(=O)c2ccc(CNc3nccn3C(c3ccccc3)(c3ccccc3)c3ccccc3)cc2N1C)C(=O)O. The number of imidazole rings is 1.